The lowest BCUT2D eigenvalue weighted by atomic mass is 10.1. The summed E-state index contributed by atoms with van der Waals surface area (Å²) < 4.78 is 5.25. The quantitative estimate of drug-likeness (QED) is 0.781. The van der Waals surface area contributed by atoms with Gasteiger partial charge in [0, 0.05) is 23.8 Å². The largest absolute Gasteiger partial charge is 0.380 e. The summed E-state index contributed by atoms with van der Waals surface area (Å²) in [5, 5.41) is 2.87. The van der Waals surface area contributed by atoms with Gasteiger partial charge < -0.3 is 15.8 Å². The Morgan fingerprint density at radius 1 is 1.42 bits per heavy atom. The van der Waals surface area contributed by atoms with Crippen LogP contribution in [0.25, 0.3) is 0 Å². The van der Waals surface area contributed by atoms with Crippen molar-refractivity contribution in [2.45, 2.75) is 19.9 Å². The second-order valence-electron chi connectivity index (χ2n) is 4.12. The van der Waals surface area contributed by atoms with E-state index in [4.69, 9.17) is 10.5 Å². The molecule has 0 radical (unpaired) electrons. The summed E-state index contributed by atoms with van der Waals surface area (Å²) in [6.07, 6.45) is 0. The minimum absolute atomic E-state index is 0.0100. The second kappa shape index (κ2) is 8.30. The highest BCUT2D eigenvalue weighted by Crippen LogP contribution is 2.03. The lowest BCUT2D eigenvalue weighted by Crippen LogP contribution is -2.35. The first-order valence-corrected chi connectivity index (χ1v) is 6.35. The number of carbonyl (C=O) groups excluding carboxylic acids is 1. The van der Waals surface area contributed by atoms with Crippen molar-refractivity contribution in [1.82, 2.24) is 5.32 Å². The van der Waals surface area contributed by atoms with Gasteiger partial charge in [-0.05, 0) is 38.1 Å². The van der Waals surface area contributed by atoms with Gasteiger partial charge in [0.25, 0.3) is 5.91 Å². The molecular formula is C15H20N2O2. The Hall–Kier alpha value is -1.83. The average molecular weight is 260 g/mol. The molecule has 0 spiro atoms. The van der Waals surface area contributed by atoms with Crippen LogP contribution >= 0.6 is 0 Å². The van der Waals surface area contributed by atoms with Crippen LogP contribution in [-0.2, 0) is 4.74 Å². The van der Waals surface area contributed by atoms with E-state index in [1.807, 2.05) is 26.0 Å². The maximum atomic E-state index is 11.9. The van der Waals surface area contributed by atoms with Gasteiger partial charge in [0.05, 0.1) is 13.2 Å². The van der Waals surface area contributed by atoms with E-state index in [9.17, 15) is 4.79 Å². The van der Waals surface area contributed by atoms with Crippen molar-refractivity contribution in [3.63, 3.8) is 0 Å². The van der Waals surface area contributed by atoms with Crippen molar-refractivity contribution in [2.24, 2.45) is 5.73 Å². The molecule has 1 aromatic carbocycles. The lowest BCUT2D eigenvalue weighted by molar-refractivity contribution is 0.0872. The van der Waals surface area contributed by atoms with Crippen molar-refractivity contribution < 1.29 is 9.53 Å². The van der Waals surface area contributed by atoms with Crippen LogP contribution in [0.4, 0.5) is 0 Å². The van der Waals surface area contributed by atoms with Gasteiger partial charge in [-0.15, -0.1) is 0 Å². The molecule has 0 heterocycles. The molecule has 1 rings (SSSR count). The van der Waals surface area contributed by atoms with Crippen molar-refractivity contribution in [3.05, 3.63) is 35.4 Å². The Bertz CT molecular complexity index is 457. The number of nitrogens with two attached hydrogens (primary N) is 1. The Morgan fingerprint density at radius 2 is 2.11 bits per heavy atom. The molecule has 0 aromatic heterocycles. The van der Waals surface area contributed by atoms with Gasteiger partial charge >= 0.3 is 0 Å². The normalized spacial score (nSPS) is 11.3. The summed E-state index contributed by atoms with van der Waals surface area (Å²) >= 11 is 0. The molecule has 4 nitrogen and oxygen atoms in total. The summed E-state index contributed by atoms with van der Waals surface area (Å²) in [7, 11) is 0. The van der Waals surface area contributed by atoms with Crippen molar-refractivity contribution in [1.29, 1.82) is 0 Å². The molecule has 19 heavy (non-hydrogen) atoms. The molecule has 0 aliphatic carbocycles. The summed E-state index contributed by atoms with van der Waals surface area (Å²) in [5.41, 5.74) is 6.76. The molecule has 4 heteroatoms. The molecular weight excluding hydrogens is 240 g/mol. The molecule has 0 saturated carbocycles. The molecule has 1 atom stereocenters. The van der Waals surface area contributed by atoms with E-state index in [-0.39, 0.29) is 11.9 Å². The van der Waals surface area contributed by atoms with E-state index in [0.29, 0.717) is 25.3 Å². The monoisotopic (exact) mass is 260 g/mol. The fourth-order valence-electron chi connectivity index (χ4n) is 1.50. The molecule has 0 bridgehead atoms. The summed E-state index contributed by atoms with van der Waals surface area (Å²) in [6.45, 7) is 5.33. The second-order valence-corrected chi connectivity index (χ2v) is 4.12. The summed E-state index contributed by atoms with van der Waals surface area (Å²) in [5.74, 6) is 5.58. The third kappa shape index (κ3) is 5.56. The molecule has 0 aliphatic heterocycles. The van der Waals surface area contributed by atoms with Gasteiger partial charge in [-0.3, -0.25) is 4.79 Å². The van der Waals surface area contributed by atoms with Gasteiger partial charge in [-0.25, -0.2) is 0 Å². The zero-order valence-electron chi connectivity index (χ0n) is 11.4. The fourth-order valence-corrected chi connectivity index (χ4v) is 1.50. The minimum Gasteiger partial charge on any atom is -0.380 e. The Kier molecular flexibility index (Phi) is 6.65. The van der Waals surface area contributed by atoms with E-state index in [1.165, 1.54) is 0 Å². The van der Waals surface area contributed by atoms with Crippen molar-refractivity contribution in [3.8, 4) is 11.8 Å². The number of carbonyl (C=O) groups is 1. The highest BCUT2D eigenvalue weighted by Gasteiger charge is 2.09. The first kappa shape index (κ1) is 15.2. The molecule has 1 amide bonds. The molecule has 3 N–H and O–H groups in total. The maximum absolute atomic E-state index is 11.9. The number of nitrogens with one attached hydrogen (secondary N) is 1. The zero-order valence-corrected chi connectivity index (χ0v) is 11.4. The Balaban J connectivity index is 2.57. The number of hydrogen-bond acceptors (Lipinski definition) is 3. The van der Waals surface area contributed by atoms with Crippen LogP contribution in [0.1, 0.15) is 29.8 Å². The van der Waals surface area contributed by atoms with E-state index >= 15 is 0 Å². The Labute approximate surface area is 114 Å². The van der Waals surface area contributed by atoms with Gasteiger partial charge in [-0.2, -0.15) is 0 Å². The Morgan fingerprint density at radius 3 is 2.68 bits per heavy atom. The summed E-state index contributed by atoms with van der Waals surface area (Å²) in [4.78, 5) is 11.9. The molecule has 0 aliphatic rings. The number of hydrogen-bond donors (Lipinski definition) is 2. The van der Waals surface area contributed by atoms with Crippen LogP contribution < -0.4 is 11.1 Å². The van der Waals surface area contributed by atoms with E-state index in [2.05, 4.69) is 17.2 Å². The van der Waals surface area contributed by atoms with Gasteiger partial charge in [-0.1, -0.05) is 11.8 Å². The first-order chi connectivity index (χ1) is 9.17. The number of rotatable bonds is 5. The van der Waals surface area contributed by atoms with E-state index in [0.717, 1.165) is 5.56 Å². The molecule has 0 fully saturated rings. The fraction of sp³-hybridized carbons (Fsp3) is 0.400. The highest BCUT2D eigenvalue weighted by atomic mass is 16.5. The summed E-state index contributed by atoms with van der Waals surface area (Å²) in [6, 6.07) is 7.12. The van der Waals surface area contributed by atoms with E-state index in [1.54, 1.807) is 12.1 Å². The highest BCUT2D eigenvalue weighted by molar-refractivity contribution is 5.94. The van der Waals surface area contributed by atoms with Crippen molar-refractivity contribution >= 4 is 5.91 Å². The van der Waals surface area contributed by atoms with Crippen LogP contribution in [0, 0.1) is 11.8 Å². The topological polar surface area (TPSA) is 64.3 Å². The number of amides is 1. The van der Waals surface area contributed by atoms with Gasteiger partial charge in [0.1, 0.15) is 0 Å². The SMILES string of the molecule is CCOCC(C)NC(=O)c1ccc(C#CCN)cc1. The smallest absolute Gasteiger partial charge is 0.251 e. The van der Waals surface area contributed by atoms with E-state index < -0.39 is 0 Å². The predicted molar refractivity (Wildman–Crippen MR) is 75.8 cm³/mol. The zero-order chi connectivity index (χ0) is 14.1. The third-order valence-electron chi connectivity index (χ3n) is 2.43. The van der Waals surface area contributed by atoms with Gasteiger partial charge in [0.15, 0.2) is 0 Å². The lowest BCUT2D eigenvalue weighted by Gasteiger charge is -2.13. The molecule has 0 saturated heterocycles. The van der Waals surface area contributed by atoms with Gasteiger partial charge in [0.2, 0.25) is 0 Å². The number of benzene rings is 1. The van der Waals surface area contributed by atoms with Crippen LogP contribution in [0.2, 0.25) is 0 Å². The van der Waals surface area contributed by atoms with Crippen LogP contribution in [0.5, 0.6) is 0 Å². The molecule has 102 valence electrons. The predicted octanol–water partition coefficient (Wildman–Crippen LogP) is 1.15. The standard InChI is InChI=1S/C15H20N2O2/c1-3-19-11-12(2)17-15(18)14-8-6-13(7-9-14)5-4-10-16/h6-9,12H,3,10-11,16H2,1-2H3,(H,17,18). The minimum atomic E-state index is -0.106. The van der Waals surface area contributed by atoms with Crippen LogP contribution in [0.15, 0.2) is 24.3 Å². The third-order valence-corrected chi connectivity index (χ3v) is 2.43. The van der Waals surface area contributed by atoms with Crippen LogP contribution in [-0.4, -0.2) is 31.7 Å². The average Bonchev–Trinajstić information content (AvgIpc) is 2.43. The number of ether oxygens (including phenoxy) is 1. The maximum Gasteiger partial charge on any atom is 0.251 e. The first-order valence-electron chi connectivity index (χ1n) is 6.35. The van der Waals surface area contributed by atoms with Crippen molar-refractivity contribution in [2.75, 3.05) is 19.8 Å². The van der Waals surface area contributed by atoms with Crippen LogP contribution in [0.3, 0.4) is 0 Å². The molecule has 1 unspecified atom stereocenters. The molecule has 1 aromatic rings.